The summed E-state index contributed by atoms with van der Waals surface area (Å²) in [5.41, 5.74) is 1.64. The summed E-state index contributed by atoms with van der Waals surface area (Å²) in [6, 6.07) is 5.42. The van der Waals surface area contributed by atoms with Gasteiger partial charge in [0.25, 0.3) is 0 Å². The molecule has 1 aromatic carbocycles. The van der Waals surface area contributed by atoms with E-state index in [4.69, 9.17) is 11.6 Å². The van der Waals surface area contributed by atoms with E-state index in [1.54, 1.807) is 12.1 Å². The summed E-state index contributed by atoms with van der Waals surface area (Å²) in [6.45, 7) is 1.93. The molecule has 1 rings (SSSR count). The van der Waals surface area contributed by atoms with Crippen molar-refractivity contribution in [1.82, 2.24) is 0 Å². The van der Waals surface area contributed by atoms with Crippen molar-refractivity contribution >= 4 is 33.3 Å². The summed E-state index contributed by atoms with van der Waals surface area (Å²) in [6.07, 6.45) is 0. The van der Waals surface area contributed by atoms with Gasteiger partial charge in [0.1, 0.15) is 0 Å². The average molecular weight is 248 g/mol. The highest BCUT2D eigenvalue weighted by Gasteiger charge is 2.07. The van der Waals surface area contributed by atoms with Gasteiger partial charge in [0.05, 0.1) is 10.4 Å². The molecule has 0 aliphatic carbocycles. The number of carbonyl (C=O) groups excluding carboxylic acids is 1. The highest BCUT2D eigenvalue weighted by atomic mass is 79.9. The van der Waals surface area contributed by atoms with Crippen LogP contribution >= 0.6 is 27.5 Å². The molecule has 3 heteroatoms. The van der Waals surface area contributed by atoms with E-state index in [0.717, 1.165) is 5.56 Å². The van der Waals surface area contributed by atoms with Gasteiger partial charge in [-0.3, -0.25) is 4.79 Å². The zero-order chi connectivity index (χ0) is 9.14. The van der Waals surface area contributed by atoms with Crippen molar-refractivity contribution < 1.29 is 4.79 Å². The Morgan fingerprint density at radius 1 is 1.58 bits per heavy atom. The van der Waals surface area contributed by atoms with Crippen molar-refractivity contribution in [1.29, 1.82) is 0 Å². The third-order valence-corrected chi connectivity index (χ3v) is 2.38. The van der Waals surface area contributed by atoms with Crippen molar-refractivity contribution in [3.05, 3.63) is 34.3 Å². The summed E-state index contributed by atoms with van der Waals surface area (Å²) in [5, 5.41) is 0.834. The molecule has 0 fully saturated rings. The Bertz CT molecular complexity index is 309. The Morgan fingerprint density at radius 3 is 2.83 bits per heavy atom. The fourth-order valence-electron chi connectivity index (χ4n) is 0.925. The van der Waals surface area contributed by atoms with Gasteiger partial charge in [-0.15, -0.1) is 0 Å². The highest BCUT2D eigenvalue weighted by Crippen LogP contribution is 2.18. The Hall–Kier alpha value is -0.340. The maximum atomic E-state index is 11.3. The Balaban J connectivity index is 3.13. The largest absolute Gasteiger partial charge is 0.293 e. The second-order valence-corrected chi connectivity index (χ2v) is 3.51. The van der Waals surface area contributed by atoms with Crippen LogP contribution in [-0.2, 0) is 0 Å². The average Bonchev–Trinajstić information content (AvgIpc) is 2.08. The molecule has 0 aromatic heterocycles. The molecule has 0 N–H and O–H groups in total. The van der Waals surface area contributed by atoms with Crippen molar-refractivity contribution in [2.45, 2.75) is 6.92 Å². The SMILES string of the molecule is Cc1ccc(Cl)c(C(=O)CBr)c1. The highest BCUT2D eigenvalue weighted by molar-refractivity contribution is 9.09. The van der Waals surface area contributed by atoms with Gasteiger partial charge in [-0.1, -0.05) is 39.2 Å². The van der Waals surface area contributed by atoms with Crippen LogP contribution < -0.4 is 0 Å². The molecule has 0 saturated heterocycles. The number of rotatable bonds is 2. The van der Waals surface area contributed by atoms with E-state index >= 15 is 0 Å². The Morgan fingerprint density at radius 2 is 2.25 bits per heavy atom. The van der Waals surface area contributed by atoms with E-state index in [1.165, 1.54) is 0 Å². The summed E-state index contributed by atoms with van der Waals surface area (Å²) < 4.78 is 0. The lowest BCUT2D eigenvalue weighted by molar-refractivity contribution is 0.102. The number of halogens is 2. The van der Waals surface area contributed by atoms with Crippen LogP contribution in [0.2, 0.25) is 5.02 Å². The predicted molar refractivity (Wildman–Crippen MR) is 54.3 cm³/mol. The number of hydrogen-bond donors (Lipinski definition) is 0. The number of hydrogen-bond acceptors (Lipinski definition) is 1. The maximum Gasteiger partial charge on any atom is 0.174 e. The molecule has 12 heavy (non-hydrogen) atoms. The van der Waals surface area contributed by atoms with Crippen molar-refractivity contribution in [2.24, 2.45) is 0 Å². The van der Waals surface area contributed by atoms with Gasteiger partial charge in [-0.2, -0.15) is 0 Å². The molecular weight excluding hydrogens is 239 g/mol. The van der Waals surface area contributed by atoms with Crippen molar-refractivity contribution in [3.63, 3.8) is 0 Å². The summed E-state index contributed by atoms with van der Waals surface area (Å²) in [5.74, 6) is 0.0173. The molecule has 0 heterocycles. The smallest absolute Gasteiger partial charge is 0.174 e. The first-order chi connectivity index (χ1) is 5.65. The van der Waals surface area contributed by atoms with Crippen molar-refractivity contribution in [2.75, 3.05) is 5.33 Å². The molecule has 0 aliphatic heterocycles. The minimum atomic E-state index is 0.0173. The number of benzene rings is 1. The molecule has 1 nitrogen and oxygen atoms in total. The monoisotopic (exact) mass is 246 g/mol. The van der Waals surface area contributed by atoms with E-state index in [1.807, 2.05) is 13.0 Å². The second-order valence-electron chi connectivity index (χ2n) is 2.54. The number of carbonyl (C=O) groups is 1. The number of aryl methyl sites for hydroxylation is 1. The summed E-state index contributed by atoms with van der Waals surface area (Å²) in [7, 11) is 0. The van der Waals surface area contributed by atoms with E-state index < -0.39 is 0 Å². The second kappa shape index (κ2) is 4.06. The lowest BCUT2D eigenvalue weighted by Gasteiger charge is -2.01. The van der Waals surface area contributed by atoms with Crippen LogP contribution in [0.3, 0.4) is 0 Å². The fourth-order valence-corrected chi connectivity index (χ4v) is 1.45. The van der Waals surface area contributed by atoms with E-state index in [-0.39, 0.29) is 5.78 Å². The predicted octanol–water partition coefficient (Wildman–Crippen LogP) is 3.23. The Labute approximate surface area is 84.9 Å². The molecule has 0 spiro atoms. The van der Waals surface area contributed by atoms with E-state index in [9.17, 15) is 4.79 Å². The number of alkyl halides is 1. The standard InChI is InChI=1S/C9H8BrClO/c1-6-2-3-8(11)7(4-6)9(12)5-10/h2-4H,5H2,1H3. The van der Waals surface area contributed by atoms with Crippen molar-refractivity contribution in [3.8, 4) is 0 Å². The van der Waals surface area contributed by atoms with Gasteiger partial charge in [-0.25, -0.2) is 0 Å². The zero-order valence-electron chi connectivity index (χ0n) is 6.60. The van der Waals surface area contributed by atoms with Gasteiger partial charge in [0, 0.05) is 5.56 Å². The lowest BCUT2D eigenvalue weighted by atomic mass is 10.1. The van der Waals surface area contributed by atoms with Crippen LogP contribution in [0.25, 0.3) is 0 Å². The topological polar surface area (TPSA) is 17.1 Å². The molecular formula is C9H8BrClO. The van der Waals surface area contributed by atoms with Crippen LogP contribution in [0, 0.1) is 6.92 Å². The van der Waals surface area contributed by atoms with Crippen LogP contribution in [0.1, 0.15) is 15.9 Å². The third-order valence-electron chi connectivity index (χ3n) is 1.54. The molecule has 0 atom stereocenters. The quantitative estimate of drug-likeness (QED) is 0.579. The molecule has 0 aliphatic rings. The summed E-state index contributed by atoms with van der Waals surface area (Å²) in [4.78, 5) is 11.3. The first-order valence-electron chi connectivity index (χ1n) is 3.50. The van der Waals surface area contributed by atoms with E-state index in [0.29, 0.717) is 15.9 Å². The van der Waals surface area contributed by atoms with Gasteiger partial charge < -0.3 is 0 Å². The van der Waals surface area contributed by atoms with Gasteiger partial charge in [0.2, 0.25) is 0 Å². The molecule has 0 radical (unpaired) electrons. The zero-order valence-corrected chi connectivity index (χ0v) is 8.95. The van der Waals surface area contributed by atoms with Gasteiger partial charge in [0.15, 0.2) is 5.78 Å². The van der Waals surface area contributed by atoms with Gasteiger partial charge in [-0.05, 0) is 19.1 Å². The van der Waals surface area contributed by atoms with Crippen LogP contribution in [0.15, 0.2) is 18.2 Å². The fraction of sp³-hybridized carbons (Fsp3) is 0.222. The summed E-state index contributed by atoms with van der Waals surface area (Å²) >= 11 is 8.93. The normalized spacial score (nSPS) is 9.92. The van der Waals surface area contributed by atoms with E-state index in [2.05, 4.69) is 15.9 Å². The maximum absolute atomic E-state index is 11.3. The molecule has 0 saturated carbocycles. The number of ketones is 1. The minimum Gasteiger partial charge on any atom is -0.293 e. The van der Waals surface area contributed by atoms with Gasteiger partial charge >= 0.3 is 0 Å². The first-order valence-corrected chi connectivity index (χ1v) is 5.00. The molecule has 0 bridgehead atoms. The van der Waals surface area contributed by atoms with Crippen LogP contribution in [0.4, 0.5) is 0 Å². The lowest BCUT2D eigenvalue weighted by Crippen LogP contribution is -2.00. The Kier molecular flexibility index (Phi) is 3.29. The number of Topliss-reactive ketones (excluding diaryl/α,β-unsaturated/α-hetero) is 1. The molecule has 0 amide bonds. The minimum absolute atomic E-state index is 0.0173. The van der Waals surface area contributed by atoms with Crippen LogP contribution in [0.5, 0.6) is 0 Å². The molecule has 64 valence electrons. The third kappa shape index (κ3) is 2.08. The first kappa shape index (κ1) is 9.75. The molecule has 0 unspecified atom stereocenters. The van der Waals surface area contributed by atoms with Crippen LogP contribution in [-0.4, -0.2) is 11.1 Å². The molecule has 1 aromatic rings.